The van der Waals surface area contributed by atoms with Crippen LogP contribution in [0.25, 0.3) is 0 Å². The van der Waals surface area contributed by atoms with Crippen molar-refractivity contribution in [3.05, 3.63) is 0 Å². The van der Waals surface area contributed by atoms with E-state index in [4.69, 9.17) is 5.84 Å². The van der Waals surface area contributed by atoms with E-state index in [9.17, 15) is 4.79 Å². The van der Waals surface area contributed by atoms with E-state index in [1.165, 1.54) is 0 Å². The van der Waals surface area contributed by atoms with E-state index in [1.807, 2.05) is 20.8 Å². The Bertz CT molecular complexity index is 258. The summed E-state index contributed by atoms with van der Waals surface area (Å²) in [5.74, 6) is 5.19. The van der Waals surface area contributed by atoms with Gasteiger partial charge in [0.1, 0.15) is 5.71 Å². The third kappa shape index (κ3) is 1.94. The smallest absolute Gasteiger partial charge is 0.277 e. The molecule has 13 heavy (non-hydrogen) atoms. The van der Waals surface area contributed by atoms with Crippen LogP contribution in [0.15, 0.2) is 5.10 Å². The van der Waals surface area contributed by atoms with E-state index in [0.29, 0.717) is 5.71 Å². The van der Waals surface area contributed by atoms with Crippen molar-refractivity contribution in [1.29, 1.82) is 0 Å². The van der Waals surface area contributed by atoms with Gasteiger partial charge in [0.05, 0.1) is 0 Å². The van der Waals surface area contributed by atoms with Crippen molar-refractivity contribution in [3.63, 3.8) is 0 Å². The Morgan fingerprint density at radius 2 is 2.15 bits per heavy atom. The van der Waals surface area contributed by atoms with Gasteiger partial charge in [-0.1, -0.05) is 20.8 Å². The number of nitrogens with one attached hydrogen (secondary N) is 1. The maximum atomic E-state index is 11.6. The predicted molar refractivity (Wildman–Crippen MR) is 53.8 cm³/mol. The maximum Gasteiger partial charge on any atom is 0.287 e. The minimum atomic E-state index is -0.543. The van der Waals surface area contributed by atoms with Gasteiger partial charge in [0.2, 0.25) is 0 Å². The van der Waals surface area contributed by atoms with Crippen LogP contribution in [0.3, 0.4) is 0 Å². The van der Waals surface area contributed by atoms with Crippen LogP contribution in [0, 0.1) is 5.41 Å². The Morgan fingerprint density at radius 3 is 2.62 bits per heavy atom. The second kappa shape index (κ2) is 3.19. The third-order valence-electron chi connectivity index (χ3n) is 1.70. The highest BCUT2D eigenvalue weighted by atomic mass is 32.1. The van der Waals surface area contributed by atoms with Gasteiger partial charge in [0, 0.05) is 5.41 Å². The van der Waals surface area contributed by atoms with Crippen LogP contribution >= 0.6 is 12.6 Å². The second-order valence-electron chi connectivity index (χ2n) is 3.93. The molecule has 1 amide bonds. The molecule has 0 aromatic carbocycles. The largest absolute Gasteiger partial charge is 0.287 e. The van der Waals surface area contributed by atoms with Gasteiger partial charge < -0.3 is 0 Å². The zero-order valence-corrected chi connectivity index (χ0v) is 8.80. The molecule has 0 spiro atoms. The Hall–Kier alpha value is -0.750. The Kier molecular flexibility index (Phi) is 2.53. The summed E-state index contributed by atoms with van der Waals surface area (Å²) in [7, 11) is 0. The highest BCUT2D eigenvalue weighted by molar-refractivity contribution is 7.80. The van der Waals surface area contributed by atoms with Gasteiger partial charge in [-0.25, -0.2) is 10.9 Å². The first-order chi connectivity index (χ1) is 5.84. The van der Waals surface area contributed by atoms with Gasteiger partial charge in [-0.05, 0) is 0 Å². The third-order valence-corrected chi connectivity index (χ3v) is 2.07. The first kappa shape index (κ1) is 10.3. The molecular weight excluding hydrogens is 188 g/mol. The number of hydrazine groups is 1. The minimum absolute atomic E-state index is 0.286. The molecule has 0 aromatic rings. The number of hydrogen-bond acceptors (Lipinski definition) is 5. The molecule has 3 N–H and O–H groups in total. The van der Waals surface area contributed by atoms with Crippen LogP contribution in [0.1, 0.15) is 20.8 Å². The first-order valence-corrected chi connectivity index (χ1v) is 4.45. The summed E-state index contributed by atoms with van der Waals surface area (Å²) in [6, 6.07) is 0. The normalized spacial score (nSPS) is 24.1. The molecule has 0 aliphatic carbocycles. The highest BCUT2D eigenvalue weighted by Crippen LogP contribution is 2.19. The number of thiol groups is 1. The van der Waals surface area contributed by atoms with Crippen molar-refractivity contribution >= 4 is 24.2 Å². The van der Waals surface area contributed by atoms with Crippen molar-refractivity contribution in [2.45, 2.75) is 26.3 Å². The molecule has 5 nitrogen and oxygen atoms in total. The Morgan fingerprint density at radius 1 is 1.62 bits per heavy atom. The van der Waals surface area contributed by atoms with Crippen molar-refractivity contribution in [3.8, 4) is 0 Å². The average molecular weight is 202 g/mol. The van der Waals surface area contributed by atoms with E-state index >= 15 is 0 Å². The number of nitrogens with zero attached hydrogens (tertiary/aromatic N) is 2. The average Bonchev–Trinajstić information content (AvgIpc) is 1.98. The van der Waals surface area contributed by atoms with E-state index in [2.05, 4.69) is 23.2 Å². The van der Waals surface area contributed by atoms with Gasteiger partial charge in [-0.15, -0.1) is 12.6 Å². The maximum absolute atomic E-state index is 11.6. The molecule has 6 heteroatoms. The highest BCUT2D eigenvalue weighted by Gasteiger charge is 2.34. The van der Waals surface area contributed by atoms with Gasteiger partial charge in [0.15, 0.2) is 5.50 Å². The summed E-state index contributed by atoms with van der Waals surface area (Å²) in [5.41, 5.74) is 2.22. The number of nitrogens with two attached hydrogens (primary N) is 1. The van der Waals surface area contributed by atoms with Crippen LogP contribution < -0.4 is 11.3 Å². The Balaban J connectivity index is 2.96. The molecule has 1 atom stereocenters. The zero-order chi connectivity index (χ0) is 10.2. The number of carbonyl (C=O) groups excluding carboxylic acids is 1. The van der Waals surface area contributed by atoms with Crippen LogP contribution in [0.5, 0.6) is 0 Å². The van der Waals surface area contributed by atoms with Gasteiger partial charge in [-0.2, -0.15) is 5.10 Å². The summed E-state index contributed by atoms with van der Waals surface area (Å²) >= 11 is 4.01. The topological polar surface area (TPSA) is 70.7 Å². The molecular formula is C7H14N4OS. The van der Waals surface area contributed by atoms with Crippen LogP contribution in [0.4, 0.5) is 0 Å². The van der Waals surface area contributed by atoms with E-state index in [1.54, 1.807) is 0 Å². The zero-order valence-electron chi connectivity index (χ0n) is 7.90. The van der Waals surface area contributed by atoms with Crippen LogP contribution in [-0.2, 0) is 4.79 Å². The molecule has 74 valence electrons. The number of hydrazone groups is 1. The van der Waals surface area contributed by atoms with Crippen LogP contribution in [-0.4, -0.2) is 22.1 Å². The Labute approximate surface area is 82.7 Å². The lowest BCUT2D eigenvalue weighted by atomic mass is 9.89. The number of carbonyl (C=O) groups is 1. The molecule has 0 aromatic heterocycles. The van der Waals surface area contributed by atoms with Crippen molar-refractivity contribution in [2.24, 2.45) is 16.4 Å². The lowest BCUT2D eigenvalue weighted by molar-refractivity contribution is -0.126. The second-order valence-corrected chi connectivity index (χ2v) is 4.41. The SMILES string of the molecule is CC(C)(C)C1=NNC(S)N(N)C1=O. The van der Waals surface area contributed by atoms with Crippen LogP contribution in [0.2, 0.25) is 0 Å². The first-order valence-electron chi connectivity index (χ1n) is 3.94. The molecule has 1 heterocycles. The molecule has 1 aliphatic rings. The minimum Gasteiger partial charge on any atom is -0.277 e. The fourth-order valence-corrected chi connectivity index (χ4v) is 1.12. The van der Waals surface area contributed by atoms with Crippen molar-refractivity contribution in [1.82, 2.24) is 10.4 Å². The number of hydrogen-bond donors (Lipinski definition) is 3. The van der Waals surface area contributed by atoms with Crippen molar-refractivity contribution < 1.29 is 4.79 Å². The molecule has 0 saturated heterocycles. The lowest BCUT2D eigenvalue weighted by Crippen LogP contribution is -2.57. The molecule has 0 fully saturated rings. The summed E-state index contributed by atoms with van der Waals surface area (Å²) in [6.07, 6.45) is 0. The molecule has 1 rings (SSSR count). The molecule has 0 radical (unpaired) electrons. The fraction of sp³-hybridized carbons (Fsp3) is 0.714. The van der Waals surface area contributed by atoms with Gasteiger partial charge in [0.25, 0.3) is 5.91 Å². The van der Waals surface area contributed by atoms with Gasteiger partial charge in [-0.3, -0.25) is 10.2 Å². The van der Waals surface area contributed by atoms with Crippen molar-refractivity contribution in [2.75, 3.05) is 0 Å². The predicted octanol–water partition coefficient (Wildman–Crippen LogP) is -0.0926. The fourth-order valence-electron chi connectivity index (χ4n) is 0.954. The lowest BCUT2D eigenvalue weighted by Gasteiger charge is -2.32. The summed E-state index contributed by atoms with van der Waals surface area (Å²) in [5, 5.41) is 4.96. The van der Waals surface area contributed by atoms with E-state index in [-0.39, 0.29) is 11.3 Å². The molecule has 0 bridgehead atoms. The summed E-state index contributed by atoms with van der Waals surface area (Å²) < 4.78 is 0. The number of amides is 1. The van der Waals surface area contributed by atoms with E-state index < -0.39 is 5.50 Å². The van der Waals surface area contributed by atoms with E-state index in [0.717, 1.165) is 5.01 Å². The van der Waals surface area contributed by atoms with Gasteiger partial charge >= 0.3 is 0 Å². The molecule has 1 aliphatic heterocycles. The monoisotopic (exact) mass is 202 g/mol. The molecule has 1 unspecified atom stereocenters. The quantitative estimate of drug-likeness (QED) is 0.292. The number of rotatable bonds is 0. The summed E-state index contributed by atoms with van der Waals surface area (Å²) in [4.78, 5) is 11.6. The molecule has 0 saturated carbocycles. The standard InChI is InChI=1S/C7H14N4OS/c1-7(2,3)4-5(12)11(8)6(13)10-9-4/h6,10,13H,8H2,1-3H3. The summed E-state index contributed by atoms with van der Waals surface area (Å²) in [6.45, 7) is 5.70.